The average Bonchev–Trinajstić information content (AvgIpc) is 2.88. The number of hydrogen-bond donors (Lipinski definition) is 1. The van der Waals surface area contributed by atoms with Crippen LogP contribution in [0.2, 0.25) is 0 Å². The van der Waals surface area contributed by atoms with Crippen LogP contribution in [0, 0.1) is 0 Å². The molecule has 33 heavy (non-hydrogen) atoms. The van der Waals surface area contributed by atoms with Gasteiger partial charge in [0.2, 0.25) is 11.6 Å². The number of benzene rings is 3. The van der Waals surface area contributed by atoms with Crippen LogP contribution in [-0.4, -0.2) is 28.6 Å². The second kappa shape index (κ2) is 8.51. The van der Waals surface area contributed by atoms with Crippen LogP contribution in [0.4, 0.5) is 5.69 Å². The molecule has 1 heterocycles. The van der Waals surface area contributed by atoms with Crippen LogP contribution >= 0.6 is 0 Å². The van der Waals surface area contributed by atoms with Crippen molar-refractivity contribution in [3.05, 3.63) is 108 Å². The Morgan fingerprint density at radius 2 is 1.21 bits per heavy atom. The van der Waals surface area contributed by atoms with Gasteiger partial charge in [-0.1, -0.05) is 60.7 Å². The molecule has 1 aliphatic rings. The van der Waals surface area contributed by atoms with Crippen molar-refractivity contribution < 1.29 is 14.3 Å². The van der Waals surface area contributed by atoms with Crippen molar-refractivity contribution in [2.75, 3.05) is 12.4 Å². The molecule has 4 aromatic rings. The number of aromatic nitrogens is 2. The van der Waals surface area contributed by atoms with E-state index in [4.69, 9.17) is 4.74 Å². The lowest BCUT2D eigenvalue weighted by Gasteiger charge is -2.18. The molecule has 6 nitrogen and oxygen atoms in total. The fourth-order valence-corrected chi connectivity index (χ4v) is 3.68. The van der Waals surface area contributed by atoms with E-state index < -0.39 is 0 Å². The lowest BCUT2D eigenvalue weighted by molar-refractivity contribution is 0.0978. The number of ketones is 2. The normalized spacial score (nSPS) is 12.7. The van der Waals surface area contributed by atoms with Gasteiger partial charge in [0.1, 0.15) is 17.1 Å². The van der Waals surface area contributed by atoms with E-state index in [2.05, 4.69) is 15.3 Å². The fourth-order valence-electron chi connectivity index (χ4n) is 3.68. The number of methoxy groups -OCH3 is 1. The second-order valence-electron chi connectivity index (χ2n) is 7.45. The van der Waals surface area contributed by atoms with Gasteiger partial charge in [0, 0.05) is 22.9 Å². The molecule has 6 heteroatoms. The monoisotopic (exact) mass is 433 g/mol. The number of nitrogens with zero attached hydrogens (tertiary/aromatic N) is 2. The third-order valence-electron chi connectivity index (χ3n) is 5.33. The SMILES string of the molecule is COc1ccc(NC2=CC(=O)c3nc(-c4ccccc4)c(-c4ccccc4)nc3C2=O)cc1. The van der Waals surface area contributed by atoms with Crippen LogP contribution < -0.4 is 10.1 Å². The van der Waals surface area contributed by atoms with Gasteiger partial charge in [-0.2, -0.15) is 0 Å². The molecule has 0 spiro atoms. The first kappa shape index (κ1) is 20.3. The summed E-state index contributed by atoms with van der Waals surface area (Å²) < 4.78 is 5.16. The quantitative estimate of drug-likeness (QED) is 0.466. The molecule has 0 saturated carbocycles. The van der Waals surface area contributed by atoms with Gasteiger partial charge >= 0.3 is 0 Å². The molecular weight excluding hydrogens is 414 g/mol. The molecule has 0 saturated heterocycles. The van der Waals surface area contributed by atoms with E-state index in [9.17, 15) is 9.59 Å². The number of nitrogens with one attached hydrogen (secondary N) is 1. The standard InChI is InChI=1S/C27H19N3O3/c1-33-20-14-12-19(13-15-20)28-21-16-22(31)25-26(27(21)32)30-24(18-10-6-3-7-11-18)23(29-25)17-8-4-2-5-9-17/h2-16,28H,1H3. The Labute approximate surface area is 190 Å². The van der Waals surface area contributed by atoms with Crippen molar-refractivity contribution in [1.29, 1.82) is 0 Å². The molecule has 160 valence electrons. The van der Waals surface area contributed by atoms with Crippen molar-refractivity contribution in [2.24, 2.45) is 0 Å². The minimum atomic E-state index is -0.385. The Kier molecular flexibility index (Phi) is 5.24. The first-order chi connectivity index (χ1) is 16.1. The summed E-state index contributed by atoms with van der Waals surface area (Å²) in [5.41, 5.74) is 3.64. The highest BCUT2D eigenvalue weighted by molar-refractivity contribution is 6.24. The van der Waals surface area contributed by atoms with E-state index in [0.29, 0.717) is 22.8 Å². The number of carbonyl (C=O) groups is 2. The summed E-state index contributed by atoms with van der Waals surface area (Å²) in [5, 5.41) is 3.03. The second-order valence-corrected chi connectivity index (χ2v) is 7.45. The van der Waals surface area contributed by atoms with Crippen molar-refractivity contribution in [1.82, 2.24) is 9.97 Å². The number of allylic oxidation sites excluding steroid dienone is 2. The van der Waals surface area contributed by atoms with Crippen molar-refractivity contribution >= 4 is 17.3 Å². The zero-order valence-corrected chi connectivity index (χ0v) is 17.8. The van der Waals surface area contributed by atoms with E-state index in [1.807, 2.05) is 60.7 Å². The van der Waals surface area contributed by atoms with Crippen molar-refractivity contribution in [2.45, 2.75) is 0 Å². The number of ether oxygens (including phenoxy) is 1. The highest BCUT2D eigenvalue weighted by atomic mass is 16.5. The van der Waals surface area contributed by atoms with Crippen LogP contribution in [0.5, 0.6) is 5.75 Å². The van der Waals surface area contributed by atoms with Gasteiger partial charge in [-0.3, -0.25) is 9.59 Å². The minimum Gasteiger partial charge on any atom is -0.497 e. The zero-order valence-electron chi connectivity index (χ0n) is 17.8. The van der Waals surface area contributed by atoms with Gasteiger partial charge in [0.25, 0.3) is 0 Å². The lowest BCUT2D eigenvalue weighted by Crippen LogP contribution is -2.25. The molecular formula is C27H19N3O3. The number of Topliss-reactive ketones (excluding diaryl/α,β-unsaturated/α-hetero) is 1. The van der Waals surface area contributed by atoms with Crippen LogP contribution in [0.1, 0.15) is 21.0 Å². The van der Waals surface area contributed by atoms with Gasteiger partial charge in [0.05, 0.1) is 24.2 Å². The maximum atomic E-state index is 13.3. The Balaban J connectivity index is 1.60. The summed E-state index contributed by atoms with van der Waals surface area (Å²) >= 11 is 0. The molecule has 0 atom stereocenters. The summed E-state index contributed by atoms with van der Waals surface area (Å²) in [5.74, 6) is -0.0626. The molecule has 1 N–H and O–H groups in total. The topological polar surface area (TPSA) is 81.2 Å². The molecule has 5 rings (SSSR count). The van der Waals surface area contributed by atoms with Gasteiger partial charge in [-0.05, 0) is 24.3 Å². The van der Waals surface area contributed by atoms with E-state index in [1.54, 1.807) is 31.4 Å². The number of carbonyl (C=O) groups excluding carboxylic acids is 2. The predicted octanol–water partition coefficient (Wildman–Crippen LogP) is 5.19. The minimum absolute atomic E-state index is 0.0389. The Morgan fingerprint density at radius 3 is 1.76 bits per heavy atom. The van der Waals surface area contributed by atoms with Gasteiger partial charge < -0.3 is 10.1 Å². The molecule has 0 amide bonds. The summed E-state index contributed by atoms with van der Waals surface area (Å²) in [6.45, 7) is 0. The van der Waals surface area contributed by atoms with E-state index in [-0.39, 0.29) is 28.7 Å². The third kappa shape index (κ3) is 3.90. The summed E-state index contributed by atoms with van der Waals surface area (Å²) in [4.78, 5) is 35.6. The van der Waals surface area contributed by atoms with Crippen LogP contribution in [0.3, 0.4) is 0 Å². The largest absolute Gasteiger partial charge is 0.497 e. The lowest BCUT2D eigenvalue weighted by atomic mass is 9.98. The average molecular weight is 433 g/mol. The summed E-state index contributed by atoms with van der Waals surface area (Å²) in [6, 6.07) is 26.1. The van der Waals surface area contributed by atoms with Crippen LogP contribution in [0.25, 0.3) is 22.5 Å². The first-order valence-electron chi connectivity index (χ1n) is 10.4. The highest BCUT2D eigenvalue weighted by Crippen LogP contribution is 2.32. The molecule has 0 unspecified atom stereocenters. The molecule has 0 bridgehead atoms. The molecule has 3 aromatic carbocycles. The van der Waals surface area contributed by atoms with Crippen LogP contribution in [-0.2, 0) is 0 Å². The maximum Gasteiger partial charge on any atom is 0.230 e. The molecule has 1 aliphatic carbocycles. The van der Waals surface area contributed by atoms with E-state index >= 15 is 0 Å². The smallest absolute Gasteiger partial charge is 0.230 e. The predicted molar refractivity (Wildman–Crippen MR) is 126 cm³/mol. The first-order valence-corrected chi connectivity index (χ1v) is 10.4. The van der Waals surface area contributed by atoms with Crippen molar-refractivity contribution in [3.63, 3.8) is 0 Å². The molecule has 0 fully saturated rings. The molecule has 0 aliphatic heterocycles. The van der Waals surface area contributed by atoms with Crippen LogP contribution in [0.15, 0.2) is 96.7 Å². The Bertz CT molecular complexity index is 1380. The Hall–Kier alpha value is -4.58. The summed E-state index contributed by atoms with van der Waals surface area (Å²) in [7, 11) is 1.58. The third-order valence-corrected chi connectivity index (χ3v) is 5.33. The number of fused-ring (bicyclic) bond motifs is 1. The van der Waals surface area contributed by atoms with E-state index in [1.165, 1.54) is 6.08 Å². The van der Waals surface area contributed by atoms with Gasteiger partial charge in [-0.15, -0.1) is 0 Å². The molecule has 0 radical (unpaired) electrons. The fraction of sp³-hybridized carbons (Fsp3) is 0.0370. The number of anilines is 1. The summed E-state index contributed by atoms with van der Waals surface area (Å²) in [6.07, 6.45) is 1.28. The zero-order chi connectivity index (χ0) is 22.8. The number of rotatable bonds is 5. The maximum absolute atomic E-state index is 13.3. The van der Waals surface area contributed by atoms with Gasteiger partial charge in [-0.25, -0.2) is 9.97 Å². The highest BCUT2D eigenvalue weighted by Gasteiger charge is 2.31. The van der Waals surface area contributed by atoms with E-state index in [0.717, 1.165) is 11.1 Å². The molecule has 1 aromatic heterocycles. The van der Waals surface area contributed by atoms with Gasteiger partial charge in [0.15, 0.2) is 0 Å². The van der Waals surface area contributed by atoms with Crippen molar-refractivity contribution in [3.8, 4) is 28.3 Å². The number of hydrogen-bond acceptors (Lipinski definition) is 6. The Morgan fingerprint density at radius 1 is 0.667 bits per heavy atom.